The highest BCUT2D eigenvalue weighted by Gasteiger charge is 2.21. The van der Waals surface area contributed by atoms with Gasteiger partial charge in [0.25, 0.3) is 0 Å². The van der Waals surface area contributed by atoms with E-state index in [1.165, 1.54) is 14.0 Å². The zero-order valence-corrected chi connectivity index (χ0v) is 23.3. The number of para-hydroxylation sites is 3. The predicted octanol–water partition coefficient (Wildman–Crippen LogP) is 2.81. The topological polar surface area (TPSA) is 171 Å². The van der Waals surface area contributed by atoms with Crippen molar-refractivity contribution in [3.8, 4) is 17.1 Å². The van der Waals surface area contributed by atoms with Crippen LogP contribution in [0.3, 0.4) is 0 Å². The van der Waals surface area contributed by atoms with Crippen LogP contribution in [0, 0.1) is 0 Å². The van der Waals surface area contributed by atoms with Crippen molar-refractivity contribution in [2.45, 2.75) is 19.8 Å². The molecular weight excluding hydrogens is 582 g/mol. The fourth-order valence-electron chi connectivity index (χ4n) is 4.64. The van der Waals surface area contributed by atoms with Gasteiger partial charge in [-0.05, 0) is 36.4 Å². The molecule has 15 heteroatoms. The molecule has 0 amide bonds. The Morgan fingerprint density at radius 1 is 0.444 bits per heavy atom. The van der Waals surface area contributed by atoms with E-state index in [0.29, 0.717) is 34.1 Å². The fourth-order valence-corrected chi connectivity index (χ4v) is 4.64. The smallest absolute Gasteiger partial charge is 0.340 e. The molecule has 45 heavy (non-hydrogen) atoms. The maximum absolute atomic E-state index is 13.1. The van der Waals surface area contributed by atoms with Gasteiger partial charge in [0, 0.05) is 0 Å². The van der Waals surface area contributed by atoms with Gasteiger partial charge in [-0.3, -0.25) is 0 Å². The first-order chi connectivity index (χ1) is 22.0. The average Bonchev–Trinajstić information content (AvgIpc) is 3.86. The van der Waals surface area contributed by atoms with Crippen molar-refractivity contribution in [2.75, 3.05) is 0 Å². The monoisotopic (exact) mass is 603 g/mol. The number of rotatable bonds is 0. The molecule has 0 saturated carbocycles. The molecule has 0 aliphatic carbocycles. The number of hydrogen-bond acceptors (Lipinski definition) is 12. The van der Waals surface area contributed by atoms with Gasteiger partial charge in [-0.25, -0.2) is 28.4 Å². The summed E-state index contributed by atoms with van der Waals surface area (Å²) in [5, 5.41) is 24.6. The van der Waals surface area contributed by atoms with Crippen molar-refractivity contribution in [2.24, 2.45) is 0 Å². The normalized spacial score (nSPS) is 13.7. The first kappa shape index (κ1) is 27.3. The number of cyclic esters (lactones) is 3. The molecule has 0 atom stereocenters. The SMILES string of the molecule is O=C1OCc2cn(nn2)-c2ccccc2C(=O)OCc2cn(nn2)-c2ccccc2C(=O)OCc2cn(nn2)-c2ccccc21. The summed E-state index contributed by atoms with van der Waals surface area (Å²) < 4.78 is 20.8. The Balaban J connectivity index is 1.25. The van der Waals surface area contributed by atoms with Crippen molar-refractivity contribution < 1.29 is 28.6 Å². The molecule has 6 bridgehead atoms. The number of carbonyl (C=O) groups is 3. The van der Waals surface area contributed by atoms with Gasteiger partial charge in [-0.1, -0.05) is 52.0 Å². The van der Waals surface area contributed by atoms with Crippen LogP contribution >= 0.6 is 0 Å². The lowest BCUT2D eigenvalue weighted by molar-refractivity contribution is 0.0459. The van der Waals surface area contributed by atoms with E-state index in [2.05, 4.69) is 30.9 Å². The van der Waals surface area contributed by atoms with Gasteiger partial charge in [0.05, 0.1) is 52.3 Å². The zero-order chi connectivity index (χ0) is 30.8. The Labute approximate surface area is 253 Å². The Morgan fingerprint density at radius 2 is 0.733 bits per heavy atom. The highest BCUT2D eigenvalue weighted by atomic mass is 16.5. The van der Waals surface area contributed by atoms with Gasteiger partial charge in [0.15, 0.2) is 0 Å². The van der Waals surface area contributed by atoms with E-state index in [1.807, 2.05) is 0 Å². The molecule has 222 valence electrons. The van der Waals surface area contributed by atoms with Crippen LogP contribution < -0.4 is 0 Å². The maximum Gasteiger partial charge on any atom is 0.340 e. The molecule has 0 fully saturated rings. The summed E-state index contributed by atoms with van der Waals surface area (Å²) in [5.41, 5.74) is 2.94. The van der Waals surface area contributed by atoms with Crippen molar-refractivity contribution in [1.29, 1.82) is 0 Å². The van der Waals surface area contributed by atoms with Crippen molar-refractivity contribution in [3.63, 3.8) is 0 Å². The van der Waals surface area contributed by atoms with E-state index < -0.39 is 17.9 Å². The molecular formula is C30H21N9O6. The van der Waals surface area contributed by atoms with Gasteiger partial charge in [0.2, 0.25) is 0 Å². The Morgan fingerprint density at radius 3 is 1.04 bits per heavy atom. The number of hydrogen-bond donors (Lipinski definition) is 0. The quantitative estimate of drug-likeness (QED) is 0.184. The summed E-state index contributed by atoms with van der Waals surface area (Å²) in [7, 11) is 0. The van der Waals surface area contributed by atoms with Gasteiger partial charge in [-0.2, -0.15) is 0 Å². The van der Waals surface area contributed by atoms with Crippen LogP contribution in [0.25, 0.3) is 17.1 Å². The summed E-state index contributed by atoms with van der Waals surface area (Å²) in [6, 6.07) is 20.1. The van der Waals surface area contributed by atoms with E-state index in [1.54, 1.807) is 91.4 Å². The van der Waals surface area contributed by atoms with Crippen LogP contribution in [0.15, 0.2) is 91.4 Å². The maximum atomic E-state index is 13.1. The summed E-state index contributed by atoms with van der Waals surface area (Å²) >= 11 is 0. The number of esters is 3. The largest absolute Gasteiger partial charge is 0.455 e. The standard InChI is InChI=1S/C30H21N9O6/c40-28-22-7-1-4-10-25(22)37-13-19(31-34-37)17-44-29(41)24-9-3-6-12-27(24)39-15-21(33-36-39)18-45-30(42)23-8-2-5-11-26(23)38-14-20(16-43-28)32-35-38/h1-15H,16-18H2. The number of benzene rings is 3. The van der Waals surface area contributed by atoms with Crippen molar-refractivity contribution >= 4 is 17.9 Å². The summed E-state index contributed by atoms with van der Waals surface area (Å²) in [5.74, 6) is -1.89. The molecule has 0 radical (unpaired) electrons. The summed E-state index contributed by atoms with van der Waals surface area (Å²) in [4.78, 5) is 39.3. The highest BCUT2D eigenvalue weighted by Crippen LogP contribution is 2.20. The predicted molar refractivity (Wildman–Crippen MR) is 151 cm³/mol. The molecule has 6 aromatic rings. The van der Waals surface area contributed by atoms with Gasteiger partial charge < -0.3 is 14.2 Å². The number of carbonyl (C=O) groups excluding carboxylic acids is 3. The van der Waals surface area contributed by atoms with Crippen molar-refractivity contribution in [1.82, 2.24) is 45.0 Å². The van der Waals surface area contributed by atoms with E-state index in [0.717, 1.165) is 0 Å². The molecule has 0 spiro atoms. The van der Waals surface area contributed by atoms with Crippen LogP contribution in [-0.4, -0.2) is 62.9 Å². The first-order valence-electron chi connectivity index (χ1n) is 13.6. The number of ether oxygens (including phenoxy) is 3. The molecule has 15 nitrogen and oxygen atoms in total. The van der Waals surface area contributed by atoms with E-state index in [4.69, 9.17) is 14.2 Å². The third kappa shape index (κ3) is 5.52. The second-order valence-electron chi connectivity index (χ2n) is 9.74. The van der Waals surface area contributed by atoms with Gasteiger partial charge in [0.1, 0.15) is 36.9 Å². The molecule has 1 aliphatic rings. The van der Waals surface area contributed by atoms with E-state index >= 15 is 0 Å². The molecule has 3 aromatic carbocycles. The third-order valence-corrected chi connectivity index (χ3v) is 6.79. The molecule has 0 unspecified atom stereocenters. The van der Waals surface area contributed by atoms with Gasteiger partial charge in [-0.15, -0.1) is 15.3 Å². The molecule has 3 aromatic heterocycles. The molecule has 0 saturated heterocycles. The minimum atomic E-state index is -0.631. The zero-order valence-electron chi connectivity index (χ0n) is 23.3. The lowest BCUT2D eigenvalue weighted by Gasteiger charge is -2.09. The summed E-state index contributed by atoms with van der Waals surface area (Å²) in [6.07, 6.45) is 4.66. The number of nitrogens with zero attached hydrogens (tertiary/aromatic N) is 9. The average molecular weight is 604 g/mol. The van der Waals surface area contributed by atoms with Gasteiger partial charge >= 0.3 is 17.9 Å². The lowest BCUT2D eigenvalue weighted by atomic mass is 10.2. The van der Waals surface area contributed by atoms with Crippen LogP contribution in [-0.2, 0) is 34.0 Å². The minimum absolute atomic E-state index is 0.185. The van der Waals surface area contributed by atoms with E-state index in [-0.39, 0.29) is 36.5 Å². The lowest BCUT2D eigenvalue weighted by Crippen LogP contribution is -2.11. The van der Waals surface area contributed by atoms with Crippen LogP contribution in [0.4, 0.5) is 0 Å². The van der Waals surface area contributed by atoms with E-state index in [9.17, 15) is 14.4 Å². The highest BCUT2D eigenvalue weighted by molar-refractivity contribution is 5.94. The van der Waals surface area contributed by atoms with Crippen LogP contribution in [0.5, 0.6) is 0 Å². The fraction of sp³-hybridized carbons (Fsp3) is 0.100. The Bertz CT molecular complexity index is 1830. The minimum Gasteiger partial charge on any atom is -0.455 e. The Kier molecular flexibility index (Phi) is 7.07. The van der Waals surface area contributed by atoms with Crippen molar-refractivity contribution in [3.05, 3.63) is 125 Å². The number of fused-ring (bicyclic) bond motifs is 12. The number of aromatic nitrogens is 9. The molecule has 7 rings (SSSR count). The molecule has 1 aliphatic heterocycles. The van der Waals surface area contributed by atoms with Crippen LogP contribution in [0.1, 0.15) is 48.2 Å². The first-order valence-corrected chi connectivity index (χ1v) is 13.6. The summed E-state index contributed by atoms with van der Waals surface area (Å²) in [6.45, 7) is -0.555. The molecule has 0 N–H and O–H groups in total. The third-order valence-electron chi connectivity index (χ3n) is 6.79. The Hall–Kier alpha value is -6.51. The second-order valence-corrected chi connectivity index (χ2v) is 9.74. The second kappa shape index (κ2) is 11.6. The van der Waals surface area contributed by atoms with Crippen LogP contribution in [0.2, 0.25) is 0 Å². The molecule has 4 heterocycles.